The first-order valence-electron chi connectivity index (χ1n) is 4.58. The summed E-state index contributed by atoms with van der Waals surface area (Å²) >= 11 is 4.88. The van der Waals surface area contributed by atoms with Crippen molar-refractivity contribution in [2.24, 2.45) is 0 Å². The van der Waals surface area contributed by atoms with Crippen molar-refractivity contribution in [3.63, 3.8) is 0 Å². The van der Waals surface area contributed by atoms with Crippen LogP contribution in [-0.4, -0.2) is 30.9 Å². The number of rotatable bonds is 2. The fourth-order valence-electron chi connectivity index (χ4n) is 1.42. The molecular formula is C9H9FN2O2S2. The van der Waals surface area contributed by atoms with Crippen LogP contribution in [0.15, 0.2) is 29.2 Å². The molecule has 1 saturated heterocycles. The molecule has 16 heavy (non-hydrogen) atoms. The molecule has 0 saturated carbocycles. The molecule has 1 aliphatic heterocycles. The van der Waals surface area contributed by atoms with E-state index < -0.39 is 15.8 Å². The third kappa shape index (κ3) is 1.88. The molecule has 2 rings (SSSR count). The Kier molecular flexibility index (Phi) is 2.81. The second kappa shape index (κ2) is 3.99. The molecule has 0 unspecified atom stereocenters. The Hall–Kier alpha value is -1.21. The predicted octanol–water partition coefficient (Wildman–Crippen LogP) is 0.705. The summed E-state index contributed by atoms with van der Waals surface area (Å²) in [5.74, 6) is -0.471. The standard InChI is InChI=1S/C9H9FN2O2S2/c10-7-1-3-8(4-2-7)16(13,14)12-6-5-11-9(12)15/h1-4H,5-6H2,(H,11,15). The summed E-state index contributed by atoms with van der Waals surface area (Å²) in [7, 11) is -3.64. The van der Waals surface area contributed by atoms with Crippen LogP contribution in [0.3, 0.4) is 0 Å². The number of sulfonamides is 1. The van der Waals surface area contributed by atoms with Gasteiger partial charge in [-0.3, -0.25) is 0 Å². The lowest BCUT2D eigenvalue weighted by Crippen LogP contribution is -2.33. The van der Waals surface area contributed by atoms with Gasteiger partial charge in [0.15, 0.2) is 5.11 Å². The SMILES string of the molecule is O=S(=O)(c1ccc(F)cc1)N1CCNC1=S. The molecule has 0 aromatic heterocycles. The molecule has 1 aliphatic rings. The van der Waals surface area contributed by atoms with Gasteiger partial charge in [0.1, 0.15) is 5.82 Å². The van der Waals surface area contributed by atoms with E-state index in [2.05, 4.69) is 5.32 Å². The molecule has 0 spiro atoms. The lowest BCUT2D eigenvalue weighted by Gasteiger charge is -2.16. The van der Waals surface area contributed by atoms with Gasteiger partial charge >= 0.3 is 0 Å². The van der Waals surface area contributed by atoms with Crippen LogP contribution in [0.4, 0.5) is 4.39 Å². The number of nitrogens with one attached hydrogen (secondary N) is 1. The summed E-state index contributed by atoms with van der Waals surface area (Å²) in [6, 6.07) is 4.68. The topological polar surface area (TPSA) is 49.4 Å². The highest BCUT2D eigenvalue weighted by molar-refractivity contribution is 7.91. The molecule has 4 nitrogen and oxygen atoms in total. The monoisotopic (exact) mass is 260 g/mol. The van der Waals surface area contributed by atoms with E-state index in [0.717, 1.165) is 16.4 Å². The number of hydrogen-bond donors (Lipinski definition) is 1. The van der Waals surface area contributed by atoms with Gasteiger partial charge in [-0.25, -0.2) is 17.1 Å². The van der Waals surface area contributed by atoms with Crippen LogP contribution in [-0.2, 0) is 10.0 Å². The molecular weight excluding hydrogens is 251 g/mol. The third-order valence-corrected chi connectivity index (χ3v) is 4.51. The van der Waals surface area contributed by atoms with E-state index in [9.17, 15) is 12.8 Å². The molecule has 0 bridgehead atoms. The van der Waals surface area contributed by atoms with Gasteiger partial charge in [0, 0.05) is 6.54 Å². The quantitative estimate of drug-likeness (QED) is 0.795. The Morgan fingerprint density at radius 1 is 1.31 bits per heavy atom. The first-order valence-corrected chi connectivity index (χ1v) is 6.43. The number of thiocarbonyl (C=S) groups is 1. The zero-order valence-electron chi connectivity index (χ0n) is 8.18. The normalized spacial score (nSPS) is 16.3. The van der Waals surface area contributed by atoms with Gasteiger partial charge in [0.05, 0.1) is 11.4 Å². The molecule has 86 valence electrons. The molecule has 0 atom stereocenters. The van der Waals surface area contributed by atoms with Crippen LogP contribution in [0.25, 0.3) is 0 Å². The van der Waals surface area contributed by atoms with Crippen LogP contribution < -0.4 is 5.32 Å². The summed E-state index contributed by atoms with van der Waals surface area (Å²) in [4.78, 5) is 0.0416. The minimum Gasteiger partial charge on any atom is -0.360 e. The number of halogens is 1. The van der Waals surface area contributed by atoms with Crippen LogP contribution in [0.1, 0.15) is 0 Å². The van der Waals surface area contributed by atoms with Gasteiger partial charge < -0.3 is 5.32 Å². The van der Waals surface area contributed by atoms with Gasteiger partial charge in [-0.05, 0) is 36.5 Å². The van der Waals surface area contributed by atoms with Gasteiger partial charge in [0.25, 0.3) is 10.0 Å². The Morgan fingerprint density at radius 3 is 2.44 bits per heavy atom. The van der Waals surface area contributed by atoms with Crippen LogP contribution >= 0.6 is 12.2 Å². The number of nitrogens with zero attached hydrogens (tertiary/aromatic N) is 1. The van der Waals surface area contributed by atoms with Gasteiger partial charge in [-0.2, -0.15) is 0 Å². The van der Waals surface area contributed by atoms with Crippen molar-refractivity contribution in [3.05, 3.63) is 30.1 Å². The maximum atomic E-state index is 12.7. The zero-order valence-corrected chi connectivity index (χ0v) is 9.81. The fourth-order valence-corrected chi connectivity index (χ4v) is 3.25. The lowest BCUT2D eigenvalue weighted by atomic mass is 10.4. The van der Waals surface area contributed by atoms with Crippen LogP contribution in [0.2, 0.25) is 0 Å². The van der Waals surface area contributed by atoms with E-state index in [1.165, 1.54) is 12.1 Å². The van der Waals surface area contributed by atoms with Crippen molar-refractivity contribution in [3.8, 4) is 0 Å². The van der Waals surface area contributed by atoms with E-state index in [-0.39, 0.29) is 10.0 Å². The Bertz CT molecular complexity index is 513. The second-order valence-electron chi connectivity index (χ2n) is 3.26. The van der Waals surface area contributed by atoms with E-state index in [4.69, 9.17) is 12.2 Å². The molecule has 1 heterocycles. The summed E-state index contributed by atoms with van der Waals surface area (Å²) in [6.07, 6.45) is 0. The minimum atomic E-state index is -3.64. The Morgan fingerprint density at radius 2 is 1.94 bits per heavy atom. The summed E-state index contributed by atoms with van der Waals surface area (Å²) in [5, 5.41) is 2.95. The average Bonchev–Trinajstić information content (AvgIpc) is 2.66. The van der Waals surface area contributed by atoms with Crippen molar-refractivity contribution in [2.75, 3.05) is 13.1 Å². The molecule has 1 N–H and O–H groups in total. The highest BCUT2D eigenvalue weighted by atomic mass is 32.2. The summed E-state index contributed by atoms with van der Waals surface area (Å²) in [5.41, 5.74) is 0. The van der Waals surface area contributed by atoms with E-state index in [1.807, 2.05) is 0 Å². The van der Waals surface area contributed by atoms with E-state index in [0.29, 0.717) is 13.1 Å². The van der Waals surface area contributed by atoms with Crippen LogP contribution in [0, 0.1) is 5.82 Å². The zero-order chi connectivity index (χ0) is 11.8. The smallest absolute Gasteiger partial charge is 0.266 e. The van der Waals surface area contributed by atoms with Gasteiger partial charge in [0.2, 0.25) is 0 Å². The number of benzene rings is 1. The molecule has 0 amide bonds. The second-order valence-corrected chi connectivity index (χ2v) is 5.51. The van der Waals surface area contributed by atoms with Crippen molar-refractivity contribution in [1.29, 1.82) is 0 Å². The first-order chi connectivity index (χ1) is 7.51. The highest BCUT2D eigenvalue weighted by Gasteiger charge is 2.29. The molecule has 0 radical (unpaired) electrons. The Balaban J connectivity index is 2.39. The lowest BCUT2D eigenvalue weighted by molar-refractivity contribution is 0.541. The van der Waals surface area contributed by atoms with Crippen molar-refractivity contribution in [2.45, 2.75) is 4.90 Å². The maximum absolute atomic E-state index is 12.7. The fraction of sp³-hybridized carbons (Fsp3) is 0.222. The minimum absolute atomic E-state index is 0.0416. The van der Waals surface area contributed by atoms with E-state index in [1.54, 1.807) is 0 Å². The largest absolute Gasteiger partial charge is 0.360 e. The summed E-state index contributed by atoms with van der Waals surface area (Å²) < 4.78 is 37.9. The highest BCUT2D eigenvalue weighted by Crippen LogP contribution is 2.17. The third-order valence-electron chi connectivity index (χ3n) is 2.22. The van der Waals surface area contributed by atoms with Crippen molar-refractivity contribution >= 4 is 27.4 Å². The first kappa shape index (κ1) is 11.3. The van der Waals surface area contributed by atoms with Gasteiger partial charge in [-0.1, -0.05) is 0 Å². The molecule has 0 aliphatic carbocycles. The predicted molar refractivity (Wildman–Crippen MR) is 60.9 cm³/mol. The summed E-state index contributed by atoms with van der Waals surface area (Å²) in [6.45, 7) is 0.803. The Labute approximate surface area is 98.1 Å². The molecule has 1 fully saturated rings. The van der Waals surface area contributed by atoms with Crippen LogP contribution in [0.5, 0.6) is 0 Å². The number of hydrogen-bond acceptors (Lipinski definition) is 3. The molecule has 1 aromatic rings. The van der Waals surface area contributed by atoms with Crippen molar-refractivity contribution in [1.82, 2.24) is 9.62 Å². The van der Waals surface area contributed by atoms with Crippen molar-refractivity contribution < 1.29 is 12.8 Å². The van der Waals surface area contributed by atoms with Gasteiger partial charge in [-0.15, -0.1) is 0 Å². The maximum Gasteiger partial charge on any atom is 0.266 e. The van der Waals surface area contributed by atoms with E-state index >= 15 is 0 Å². The molecule has 1 aromatic carbocycles. The molecule has 7 heteroatoms. The average molecular weight is 260 g/mol.